The van der Waals surface area contributed by atoms with Crippen LogP contribution in [0.15, 0.2) is 158 Å². The zero-order valence-electron chi connectivity index (χ0n) is 31.7. The maximum atomic E-state index is 6.68. The molecule has 0 spiro atoms. The highest BCUT2D eigenvalue weighted by atomic mass is 16.6. The minimum Gasteiger partial charge on any atom is -0.449 e. The summed E-state index contributed by atoms with van der Waals surface area (Å²) in [6.45, 7) is 9.19. The van der Waals surface area contributed by atoms with Crippen LogP contribution in [0.1, 0.15) is 49.9 Å². The lowest BCUT2D eigenvalue weighted by Gasteiger charge is -2.25. The summed E-state index contributed by atoms with van der Waals surface area (Å²) in [5, 5.41) is 0. The van der Waals surface area contributed by atoms with Gasteiger partial charge in [0.25, 0.3) is 0 Å². The average molecular weight is 723 g/mol. The van der Waals surface area contributed by atoms with E-state index >= 15 is 0 Å². The van der Waals surface area contributed by atoms with E-state index in [0.29, 0.717) is 17.3 Å². The molecule has 0 bridgehead atoms. The van der Waals surface area contributed by atoms with E-state index in [1.165, 1.54) is 38.9 Å². The maximum Gasteiger partial charge on any atom is 0.178 e. The molecule has 1 aliphatic heterocycles. The largest absolute Gasteiger partial charge is 0.449 e. The van der Waals surface area contributed by atoms with Crippen LogP contribution in [0.3, 0.4) is 0 Å². The summed E-state index contributed by atoms with van der Waals surface area (Å²) < 4.78 is 13.3. The number of hydrogen-bond acceptors (Lipinski definition) is 4. The zero-order chi connectivity index (χ0) is 37.8. The maximum absolute atomic E-state index is 6.68. The molecule has 1 aromatic heterocycles. The van der Waals surface area contributed by atoms with Gasteiger partial charge in [-0.15, -0.1) is 0 Å². The van der Waals surface area contributed by atoms with Gasteiger partial charge in [-0.25, -0.2) is 9.97 Å². The lowest BCUT2D eigenvalue weighted by molar-refractivity contribution is 0.360. The van der Waals surface area contributed by atoms with E-state index < -0.39 is 0 Å². The van der Waals surface area contributed by atoms with E-state index in [0.717, 1.165) is 56.3 Å². The second-order valence-corrected chi connectivity index (χ2v) is 16.2. The molecule has 268 valence electrons. The van der Waals surface area contributed by atoms with Crippen molar-refractivity contribution in [2.45, 2.75) is 38.5 Å². The van der Waals surface area contributed by atoms with E-state index in [1.54, 1.807) is 0 Å². The molecule has 4 nitrogen and oxygen atoms in total. The molecule has 0 atom stereocenters. The molecule has 4 heteroatoms. The first kappa shape index (κ1) is 32.6. The summed E-state index contributed by atoms with van der Waals surface area (Å²) in [7, 11) is 0. The Morgan fingerprint density at radius 2 is 0.964 bits per heavy atom. The van der Waals surface area contributed by atoms with Gasteiger partial charge in [-0.2, -0.15) is 0 Å². The SMILES string of the molecule is CC1(C)c2ccccc2-c2ccc(-c3cc(-c4cccc(-c5ccc6c(c5)Oc5ccc7c(c5O6)-c5ccccc5C7(C)C)c4)nc(-c4ccccc4)n3)cc21. The summed E-state index contributed by atoms with van der Waals surface area (Å²) in [5.41, 5.74) is 16.9. The van der Waals surface area contributed by atoms with Crippen molar-refractivity contribution >= 4 is 0 Å². The van der Waals surface area contributed by atoms with Crippen LogP contribution in [-0.2, 0) is 10.8 Å². The molecule has 0 unspecified atom stereocenters. The van der Waals surface area contributed by atoms with Crippen molar-refractivity contribution in [3.05, 3.63) is 180 Å². The van der Waals surface area contributed by atoms with Gasteiger partial charge in [0, 0.05) is 33.1 Å². The van der Waals surface area contributed by atoms with Crippen molar-refractivity contribution in [1.82, 2.24) is 9.97 Å². The molecule has 11 rings (SSSR count). The third-order valence-electron chi connectivity index (χ3n) is 12.2. The number of aromatic nitrogens is 2. The Hall–Kier alpha value is -6.78. The second-order valence-electron chi connectivity index (χ2n) is 16.2. The highest BCUT2D eigenvalue weighted by molar-refractivity contribution is 5.89. The lowest BCUT2D eigenvalue weighted by Crippen LogP contribution is -2.15. The van der Waals surface area contributed by atoms with Gasteiger partial charge in [-0.3, -0.25) is 0 Å². The van der Waals surface area contributed by atoms with Crippen LogP contribution in [0, 0.1) is 0 Å². The van der Waals surface area contributed by atoms with Crippen LogP contribution in [0.4, 0.5) is 0 Å². The van der Waals surface area contributed by atoms with Gasteiger partial charge in [-0.1, -0.05) is 149 Å². The standard InChI is InChI=1S/C52H38N2O2/c1-51(2)40-20-11-9-18-38(40)48-41(51)24-26-46-49(48)56-45-25-22-33(29-47(45)55-46)32-15-12-16-34(27-32)43-30-44(54-50(53-43)31-13-6-5-7-14-31)35-21-23-37-36-17-8-10-19-39(36)52(3,4)42(37)28-35/h5-30H,1-4H3. The molecule has 0 radical (unpaired) electrons. The molecule has 0 fully saturated rings. The van der Waals surface area contributed by atoms with Gasteiger partial charge in [-0.05, 0) is 86.5 Å². The summed E-state index contributed by atoms with van der Waals surface area (Å²) in [5.74, 6) is 3.62. The Bertz CT molecular complexity index is 2920. The van der Waals surface area contributed by atoms with Crippen LogP contribution >= 0.6 is 0 Å². The molecule has 8 aromatic rings. The van der Waals surface area contributed by atoms with Gasteiger partial charge in [0.05, 0.1) is 11.4 Å². The number of hydrogen-bond donors (Lipinski definition) is 0. The molecule has 7 aromatic carbocycles. The van der Waals surface area contributed by atoms with E-state index in [1.807, 2.05) is 24.3 Å². The number of nitrogens with zero attached hydrogens (tertiary/aromatic N) is 2. The predicted molar refractivity (Wildman–Crippen MR) is 225 cm³/mol. The molecular weight excluding hydrogens is 685 g/mol. The number of rotatable bonds is 4. The Labute approximate surface area is 327 Å². The molecule has 2 aliphatic carbocycles. The highest BCUT2D eigenvalue weighted by Gasteiger charge is 2.40. The smallest absolute Gasteiger partial charge is 0.178 e. The molecule has 0 amide bonds. The van der Waals surface area contributed by atoms with Crippen molar-refractivity contribution in [1.29, 1.82) is 0 Å². The van der Waals surface area contributed by atoms with Gasteiger partial charge in [0.15, 0.2) is 28.8 Å². The van der Waals surface area contributed by atoms with E-state index in [-0.39, 0.29) is 10.8 Å². The fourth-order valence-electron chi connectivity index (χ4n) is 9.19. The van der Waals surface area contributed by atoms with Crippen LogP contribution in [0.5, 0.6) is 23.0 Å². The molecule has 0 saturated carbocycles. The normalized spacial score (nSPS) is 14.6. The highest BCUT2D eigenvalue weighted by Crippen LogP contribution is 2.58. The van der Waals surface area contributed by atoms with Crippen molar-refractivity contribution in [3.8, 4) is 90.3 Å². The molecular formula is C52H38N2O2. The van der Waals surface area contributed by atoms with Crippen molar-refractivity contribution in [3.63, 3.8) is 0 Å². The summed E-state index contributed by atoms with van der Waals surface area (Å²) >= 11 is 0. The molecule has 0 saturated heterocycles. The number of fused-ring (bicyclic) bond motifs is 9. The Morgan fingerprint density at radius 3 is 1.77 bits per heavy atom. The monoisotopic (exact) mass is 722 g/mol. The van der Waals surface area contributed by atoms with Gasteiger partial charge in [0.2, 0.25) is 0 Å². The molecule has 0 N–H and O–H groups in total. The summed E-state index contributed by atoms with van der Waals surface area (Å²) in [6, 6.07) is 55.5. The Morgan fingerprint density at radius 1 is 0.375 bits per heavy atom. The van der Waals surface area contributed by atoms with Gasteiger partial charge < -0.3 is 9.47 Å². The first-order valence-corrected chi connectivity index (χ1v) is 19.3. The van der Waals surface area contributed by atoms with Crippen LogP contribution in [0.2, 0.25) is 0 Å². The predicted octanol–water partition coefficient (Wildman–Crippen LogP) is 13.7. The Kier molecular flexibility index (Phi) is 6.91. The quantitative estimate of drug-likeness (QED) is 0.181. The van der Waals surface area contributed by atoms with Crippen molar-refractivity contribution < 1.29 is 9.47 Å². The van der Waals surface area contributed by atoms with Gasteiger partial charge in [0.1, 0.15) is 0 Å². The fourth-order valence-corrected chi connectivity index (χ4v) is 9.19. The average Bonchev–Trinajstić information content (AvgIpc) is 3.62. The molecule has 56 heavy (non-hydrogen) atoms. The zero-order valence-corrected chi connectivity index (χ0v) is 31.7. The van der Waals surface area contributed by atoms with E-state index in [2.05, 4.69) is 161 Å². The van der Waals surface area contributed by atoms with E-state index in [9.17, 15) is 0 Å². The third kappa shape index (κ3) is 4.85. The van der Waals surface area contributed by atoms with Crippen molar-refractivity contribution in [2.24, 2.45) is 0 Å². The first-order chi connectivity index (χ1) is 27.2. The van der Waals surface area contributed by atoms with Gasteiger partial charge >= 0.3 is 0 Å². The van der Waals surface area contributed by atoms with Crippen LogP contribution in [0.25, 0.3) is 67.3 Å². The van der Waals surface area contributed by atoms with Crippen molar-refractivity contribution in [2.75, 3.05) is 0 Å². The fraction of sp³-hybridized carbons (Fsp3) is 0.115. The minimum absolute atomic E-state index is 0.109. The first-order valence-electron chi connectivity index (χ1n) is 19.3. The second kappa shape index (κ2) is 11.9. The molecule has 2 heterocycles. The topological polar surface area (TPSA) is 44.2 Å². The van der Waals surface area contributed by atoms with E-state index in [4.69, 9.17) is 19.4 Å². The lowest BCUT2D eigenvalue weighted by atomic mass is 9.82. The number of ether oxygens (including phenoxy) is 2. The minimum atomic E-state index is -0.115. The number of benzene rings is 7. The Balaban J connectivity index is 0.967. The third-order valence-corrected chi connectivity index (χ3v) is 12.2. The van der Waals surface area contributed by atoms with Crippen LogP contribution < -0.4 is 9.47 Å². The molecule has 3 aliphatic rings. The van der Waals surface area contributed by atoms with Crippen LogP contribution in [-0.4, -0.2) is 9.97 Å². The summed E-state index contributed by atoms with van der Waals surface area (Å²) in [6.07, 6.45) is 0. The summed E-state index contributed by atoms with van der Waals surface area (Å²) in [4.78, 5) is 10.3.